The monoisotopic (exact) mass is 146 g/mol. The van der Waals surface area contributed by atoms with E-state index in [0.717, 1.165) is 49.5 Å². The molecule has 0 aromatic rings. The summed E-state index contributed by atoms with van der Waals surface area (Å²) in [5, 5.41) is 21.9. The van der Waals surface area contributed by atoms with Crippen molar-refractivity contribution in [3.8, 4) is 0 Å². The van der Waals surface area contributed by atoms with Crippen molar-refractivity contribution >= 4 is 55.1 Å². The molecule has 0 heterocycles. The maximum atomic E-state index is 8.56. The second kappa shape index (κ2) is 10.8. The fourth-order valence-corrected chi connectivity index (χ4v) is 0. The molecule has 0 saturated heterocycles. The summed E-state index contributed by atoms with van der Waals surface area (Å²) in [4.78, 5) is 8.56. The first kappa shape index (κ1) is 11.6. The zero-order valence-electron chi connectivity index (χ0n) is 4.66. The Morgan fingerprint density at radius 2 is 1.62 bits per heavy atom. The van der Waals surface area contributed by atoms with Crippen molar-refractivity contribution in [3.63, 3.8) is 0 Å². The van der Waals surface area contributed by atoms with Crippen LogP contribution in [0.2, 0.25) is 0.515 Å². The van der Waals surface area contributed by atoms with Crippen molar-refractivity contribution in [1.29, 1.82) is 0 Å². The molecule has 0 fully saturated rings. The topological polar surface area (TPSA) is 77.8 Å². The SMILES string of the molecule is O=C(O)O.OC[CH2][K]. The number of carbonyl (C=O) groups is 1. The van der Waals surface area contributed by atoms with Gasteiger partial charge in [0.25, 0.3) is 0 Å². The molecule has 0 aliphatic rings. The molecule has 0 spiro atoms. The van der Waals surface area contributed by atoms with Gasteiger partial charge < -0.3 is 10.2 Å². The van der Waals surface area contributed by atoms with E-state index in [0.29, 0.717) is 6.61 Å². The van der Waals surface area contributed by atoms with E-state index in [1.54, 1.807) is 0 Å². The molecule has 44 valence electrons. The van der Waals surface area contributed by atoms with Crippen molar-refractivity contribution in [1.82, 2.24) is 0 Å². The molecule has 0 atom stereocenters. The molecule has 0 aromatic carbocycles. The van der Waals surface area contributed by atoms with Crippen molar-refractivity contribution < 1.29 is 20.1 Å². The van der Waals surface area contributed by atoms with Crippen LogP contribution in [-0.2, 0) is 0 Å². The summed E-state index contributed by atoms with van der Waals surface area (Å²) >= 11 is 0.863. The molecule has 0 aliphatic carbocycles. The summed E-state index contributed by atoms with van der Waals surface area (Å²) in [6.07, 6.45) is -1.83. The van der Waals surface area contributed by atoms with Crippen molar-refractivity contribution in [2.45, 2.75) is 0.515 Å². The second-order valence-corrected chi connectivity index (χ2v) is 2.57. The number of aliphatic hydroxyl groups is 1. The third-order valence-corrected chi connectivity index (χ3v) is 0.922. The molecule has 8 heavy (non-hydrogen) atoms. The Balaban J connectivity index is 0. The van der Waals surface area contributed by atoms with Crippen LogP contribution in [0.25, 0.3) is 0 Å². The predicted octanol–water partition coefficient (Wildman–Crippen LogP) is -0.212. The molecule has 5 heteroatoms. The van der Waals surface area contributed by atoms with Crippen LogP contribution in [-0.4, -0.2) is 77.0 Å². The molecular formula is C3H7KO4. The van der Waals surface area contributed by atoms with Crippen LogP contribution in [0, 0.1) is 0 Å². The molecule has 3 N–H and O–H groups in total. The van der Waals surface area contributed by atoms with Crippen molar-refractivity contribution in [2.24, 2.45) is 0 Å². The fraction of sp³-hybridized carbons (Fsp3) is 0.667. The summed E-state index contributed by atoms with van der Waals surface area (Å²) < 4.78 is 1.06. The van der Waals surface area contributed by atoms with Gasteiger partial charge in [0.05, 0.1) is 0 Å². The summed E-state index contributed by atoms with van der Waals surface area (Å²) in [5.74, 6) is 0. The van der Waals surface area contributed by atoms with E-state index in [9.17, 15) is 0 Å². The first-order valence-electron chi connectivity index (χ1n) is 2.17. The van der Waals surface area contributed by atoms with Gasteiger partial charge in [0, 0.05) is 0 Å². The summed E-state index contributed by atoms with van der Waals surface area (Å²) in [7, 11) is 0. The number of aliphatic hydroxyl groups excluding tert-OH is 1. The molecule has 0 saturated carbocycles. The van der Waals surface area contributed by atoms with Gasteiger partial charge in [0.2, 0.25) is 0 Å². The van der Waals surface area contributed by atoms with Crippen LogP contribution in [0.1, 0.15) is 0 Å². The molecule has 0 radical (unpaired) electrons. The third kappa shape index (κ3) is 67.8. The van der Waals surface area contributed by atoms with E-state index in [-0.39, 0.29) is 0 Å². The van der Waals surface area contributed by atoms with Gasteiger partial charge in [-0.05, 0) is 0 Å². The average molecular weight is 146 g/mol. The van der Waals surface area contributed by atoms with Crippen molar-refractivity contribution in [3.05, 3.63) is 0 Å². The summed E-state index contributed by atoms with van der Waals surface area (Å²) in [6.45, 7) is 0.403. The Morgan fingerprint density at radius 3 is 1.62 bits per heavy atom. The van der Waals surface area contributed by atoms with Gasteiger partial charge in [-0.1, -0.05) is 0 Å². The van der Waals surface area contributed by atoms with Crippen LogP contribution >= 0.6 is 0 Å². The van der Waals surface area contributed by atoms with E-state index in [2.05, 4.69) is 0 Å². The van der Waals surface area contributed by atoms with Gasteiger partial charge in [-0.25, -0.2) is 4.79 Å². The minimum atomic E-state index is -1.83. The maximum absolute atomic E-state index is 8.56. The summed E-state index contributed by atoms with van der Waals surface area (Å²) in [6, 6.07) is 0. The first-order valence-corrected chi connectivity index (χ1v) is 4.38. The van der Waals surface area contributed by atoms with Gasteiger partial charge in [-0.3, -0.25) is 0 Å². The molecule has 0 bridgehead atoms. The molecule has 0 aromatic heterocycles. The van der Waals surface area contributed by atoms with Crippen LogP contribution in [0.5, 0.6) is 0 Å². The average Bonchev–Trinajstić information content (AvgIpc) is 1.65. The normalized spacial score (nSPS) is 6.88. The zero-order valence-corrected chi connectivity index (χ0v) is 7.79. The fourth-order valence-electron chi connectivity index (χ4n) is 0. The second-order valence-electron chi connectivity index (χ2n) is 1.01. The Morgan fingerprint density at radius 1 is 1.50 bits per heavy atom. The molecule has 4 nitrogen and oxygen atoms in total. The van der Waals surface area contributed by atoms with E-state index < -0.39 is 6.16 Å². The quantitative estimate of drug-likeness (QED) is 0.447. The third-order valence-electron chi connectivity index (χ3n) is 0.224. The molecule has 0 amide bonds. The number of rotatable bonds is 1. The van der Waals surface area contributed by atoms with Gasteiger partial charge in [0.15, 0.2) is 0 Å². The Hall–Kier alpha value is 0.866. The van der Waals surface area contributed by atoms with E-state index in [1.165, 1.54) is 0 Å². The number of hydrogen-bond acceptors (Lipinski definition) is 2. The molecule has 0 rings (SSSR count). The van der Waals surface area contributed by atoms with E-state index in [4.69, 9.17) is 20.1 Å². The first-order chi connectivity index (χ1) is 3.65. The van der Waals surface area contributed by atoms with Gasteiger partial charge in [0.1, 0.15) is 0 Å². The Labute approximate surface area is 81.1 Å². The minimum absolute atomic E-state index is 0.403. The van der Waals surface area contributed by atoms with Crippen LogP contribution in [0.15, 0.2) is 0 Å². The van der Waals surface area contributed by atoms with Gasteiger partial charge >= 0.3 is 67.3 Å². The van der Waals surface area contributed by atoms with E-state index in [1.807, 2.05) is 0 Å². The predicted molar refractivity (Wildman–Crippen MR) is 28.3 cm³/mol. The van der Waals surface area contributed by atoms with Crippen LogP contribution < -0.4 is 0 Å². The van der Waals surface area contributed by atoms with Crippen molar-refractivity contribution in [2.75, 3.05) is 6.61 Å². The van der Waals surface area contributed by atoms with Gasteiger partial charge in [-0.2, -0.15) is 0 Å². The van der Waals surface area contributed by atoms with Gasteiger partial charge in [-0.15, -0.1) is 0 Å². The van der Waals surface area contributed by atoms with E-state index >= 15 is 0 Å². The zero-order chi connectivity index (χ0) is 6.99. The molecule has 0 unspecified atom stereocenters. The molecule has 0 aliphatic heterocycles. The Bertz CT molecular complexity index is 49.2. The summed E-state index contributed by atoms with van der Waals surface area (Å²) in [5.41, 5.74) is 0. The van der Waals surface area contributed by atoms with Crippen LogP contribution in [0.4, 0.5) is 4.79 Å². The number of hydrogen-bond donors (Lipinski definition) is 3. The number of carboxylic acid groups (broad SMARTS) is 2. The standard InChI is InChI=1S/C2H5O.CH2O3.K/c1-2-3;2-1(3)4;/h3H,1-2H2;(H2,2,3,4);. The molecular weight excluding hydrogens is 139 g/mol. The Kier molecular flexibility index (Phi) is 15.7. The van der Waals surface area contributed by atoms with Crippen LogP contribution in [0.3, 0.4) is 0 Å².